The largest absolute Gasteiger partial charge is 0.394 e. The molecular weight excluding hydrogens is 279 g/mol. The molecule has 0 unspecified atom stereocenters. The van der Waals surface area contributed by atoms with Crippen LogP contribution in [-0.4, -0.2) is 54.6 Å². The number of nitrogens with zero attached hydrogens (tertiary/aromatic N) is 1. The van der Waals surface area contributed by atoms with Gasteiger partial charge in [-0.2, -0.15) is 0 Å². The van der Waals surface area contributed by atoms with E-state index in [4.69, 9.17) is 5.11 Å². The van der Waals surface area contributed by atoms with E-state index in [1.165, 1.54) is 6.92 Å². The fourth-order valence-corrected chi connectivity index (χ4v) is 1.95. The zero-order valence-electron chi connectivity index (χ0n) is 10.3. The molecule has 0 amide bonds. The van der Waals surface area contributed by atoms with Gasteiger partial charge in [-0.05, 0) is 6.92 Å². The van der Waals surface area contributed by atoms with Crippen molar-refractivity contribution in [2.24, 2.45) is 0 Å². The van der Waals surface area contributed by atoms with Gasteiger partial charge >= 0.3 is 17.5 Å². The highest BCUT2D eigenvalue weighted by molar-refractivity contribution is 5.06. The number of hydrogen-bond donors (Lipinski definition) is 5. The summed E-state index contributed by atoms with van der Waals surface area (Å²) in [4.78, 5) is 24.6. The standard InChI is InChI=1S/C10H13FN2O7/c1-4-2-13(8(17)12-7(4)16)10(19)9(11,18)6(15)5(3-14)20-10/h2,5-6,14-15,18-19H,3H2,1H3,(H,12,16,17)/t5-,6-,9-,10-/m0/s1. The Kier molecular flexibility index (Phi) is 3.31. The van der Waals surface area contributed by atoms with E-state index in [2.05, 4.69) is 4.74 Å². The molecule has 9 nitrogen and oxygen atoms in total. The first kappa shape index (κ1) is 14.8. The highest BCUT2D eigenvalue weighted by Gasteiger charge is 2.68. The normalized spacial score (nSPS) is 37.3. The lowest BCUT2D eigenvalue weighted by atomic mass is 10.1. The Labute approximate surface area is 110 Å². The van der Waals surface area contributed by atoms with E-state index in [0.717, 1.165) is 6.20 Å². The molecule has 1 aromatic rings. The van der Waals surface area contributed by atoms with E-state index in [1.807, 2.05) is 0 Å². The molecule has 0 aromatic carbocycles. The van der Waals surface area contributed by atoms with Crippen molar-refractivity contribution in [3.8, 4) is 0 Å². The Morgan fingerprint density at radius 2 is 2.10 bits per heavy atom. The van der Waals surface area contributed by atoms with Gasteiger partial charge in [-0.25, -0.2) is 13.8 Å². The lowest BCUT2D eigenvalue weighted by molar-refractivity contribution is -0.364. The number of hydrogen-bond acceptors (Lipinski definition) is 7. The van der Waals surface area contributed by atoms with Crippen LogP contribution >= 0.6 is 0 Å². The third-order valence-corrected chi connectivity index (χ3v) is 3.14. The summed E-state index contributed by atoms with van der Waals surface area (Å²) in [5.41, 5.74) is -2.10. The van der Waals surface area contributed by atoms with Crippen molar-refractivity contribution >= 4 is 0 Å². The number of aryl methyl sites for hydroxylation is 1. The summed E-state index contributed by atoms with van der Waals surface area (Å²) in [6.45, 7) is 0.358. The molecule has 0 radical (unpaired) electrons. The van der Waals surface area contributed by atoms with Crippen molar-refractivity contribution in [3.05, 3.63) is 32.6 Å². The molecule has 0 spiro atoms. The number of aliphatic hydroxyl groups is 4. The highest BCUT2D eigenvalue weighted by atomic mass is 19.2. The molecule has 1 aromatic heterocycles. The molecule has 1 fully saturated rings. The van der Waals surface area contributed by atoms with Crippen molar-refractivity contribution < 1.29 is 29.6 Å². The van der Waals surface area contributed by atoms with Crippen molar-refractivity contribution in [1.29, 1.82) is 0 Å². The smallest absolute Gasteiger partial charge is 0.332 e. The average molecular weight is 292 g/mol. The number of aromatic amines is 1. The molecule has 1 aliphatic rings. The maximum Gasteiger partial charge on any atom is 0.332 e. The summed E-state index contributed by atoms with van der Waals surface area (Å²) in [5.74, 6) is -7.05. The summed E-state index contributed by atoms with van der Waals surface area (Å²) in [5, 5.41) is 38.0. The predicted molar refractivity (Wildman–Crippen MR) is 60.3 cm³/mol. The lowest BCUT2D eigenvalue weighted by Gasteiger charge is -2.31. The average Bonchev–Trinajstić information content (AvgIpc) is 2.55. The van der Waals surface area contributed by atoms with Crippen LogP contribution in [0.1, 0.15) is 5.56 Å². The number of H-pyrrole nitrogens is 1. The molecule has 2 heterocycles. The van der Waals surface area contributed by atoms with Crippen molar-refractivity contribution in [1.82, 2.24) is 9.55 Å². The van der Waals surface area contributed by atoms with Crippen LogP contribution < -0.4 is 11.2 Å². The molecule has 10 heteroatoms. The molecule has 2 rings (SSSR count). The van der Waals surface area contributed by atoms with E-state index < -0.39 is 41.8 Å². The zero-order chi connectivity index (χ0) is 15.3. The minimum Gasteiger partial charge on any atom is -0.394 e. The fraction of sp³-hybridized carbons (Fsp3) is 0.600. The number of aliphatic hydroxyl groups excluding tert-OH is 2. The van der Waals surface area contributed by atoms with Gasteiger partial charge in [0, 0.05) is 11.8 Å². The van der Waals surface area contributed by atoms with Gasteiger partial charge in [0.1, 0.15) is 12.2 Å². The van der Waals surface area contributed by atoms with Crippen LogP contribution in [0.25, 0.3) is 0 Å². The summed E-state index contributed by atoms with van der Waals surface area (Å²) in [7, 11) is 0. The van der Waals surface area contributed by atoms with Gasteiger partial charge in [0.15, 0.2) is 0 Å². The lowest BCUT2D eigenvalue weighted by Crippen LogP contribution is -2.58. The number of halogens is 1. The topological polar surface area (TPSA) is 145 Å². The molecule has 1 aliphatic heterocycles. The number of ether oxygens (including phenoxy) is 1. The molecule has 0 saturated carbocycles. The van der Waals surface area contributed by atoms with Crippen LogP contribution in [0, 0.1) is 6.92 Å². The van der Waals surface area contributed by atoms with Crippen LogP contribution in [0.4, 0.5) is 4.39 Å². The van der Waals surface area contributed by atoms with E-state index in [0.29, 0.717) is 0 Å². The number of rotatable bonds is 2. The second kappa shape index (κ2) is 4.46. The molecular formula is C10H13FN2O7. The monoisotopic (exact) mass is 292 g/mol. The first-order chi connectivity index (χ1) is 9.15. The minimum atomic E-state index is -3.77. The van der Waals surface area contributed by atoms with Gasteiger partial charge in [-0.3, -0.25) is 9.78 Å². The molecule has 0 aliphatic carbocycles. The molecule has 5 N–H and O–H groups in total. The number of aromatic nitrogens is 2. The summed E-state index contributed by atoms with van der Waals surface area (Å²) >= 11 is 0. The van der Waals surface area contributed by atoms with Gasteiger partial charge in [0.2, 0.25) is 0 Å². The highest BCUT2D eigenvalue weighted by Crippen LogP contribution is 2.42. The van der Waals surface area contributed by atoms with Crippen LogP contribution in [0.3, 0.4) is 0 Å². The zero-order valence-corrected chi connectivity index (χ0v) is 10.3. The third-order valence-electron chi connectivity index (χ3n) is 3.14. The second-order valence-electron chi connectivity index (χ2n) is 4.51. The Morgan fingerprint density at radius 3 is 2.60 bits per heavy atom. The van der Waals surface area contributed by atoms with Gasteiger partial charge in [-0.15, -0.1) is 0 Å². The maximum absolute atomic E-state index is 14.2. The fourth-order valence-electron chi connectivity index (χ4n) is 1.95. The quantitative estimate of drug-likeness (QED) is 0.387. The van der Waals surface area contributed by atoms with Gasteiger partial charge in [-0.1, -0.05) is 0 Å². The molecule has 0 bridgehead atoms. The van der Waals surface area contributed by atoms with Crippen LogP contribution in [-0.2, 0) is 10.6 Å². The molecule has 20 heavy (non-hydrogen) atoms. The van der Waals surface area contributed by atoms with Crippen LogP contribution in [0.5, 0.6) is 0 Å². The number of nitrogens with one attached hydrogen (secondary N) is 1. The first-order valence-electron chi connectivity index (χ1n) is 5.58. The van der Waals surface area contributed by atoms with Crippen LogP contribution in [0.15, 0.2) is 15.8 Å². The Bertz CT molecular complexity index is 639. The maximum atomic E-state index is 14.2. The van der Waals surface area contributed by atoms with E-state index in [-0.39, 0.29) is 10.1 Å². The molecule has 4 atom stereocenters. The molecule has 112 valence electrons. The summed E-state index contributed by atoms with van der Waals surface area (Å²) in [6.07, 6.45) is -3.19. The second-order valence-corrected chi connectivity index (χ2v) is 4.51. The van der Waals surface area contributed by atoms with E-state index in [9.17, 15) is 29.3 Å². The van der Waals surface area contributed by atoms with Gasteiger partial charge in [0.05, 0.1) is 6.61 Å². The Morgan fingerprint density at radius 1 is 1.50 bits per heavy atom. The first-order valence-corrected chi connectivity index (χ1v) is 5.58. The minimum absolute atomic E-state index is 0.0700. The van der Waals surface area contributed by atoms with Gasteiger partial charge in [0.25, 0.3) is 5.56 Å². The van der Waals surface area contributed by atoms with Crippen molar-refractivity contribution in [3.63, 3.8) is 0 Å². The predicted octanol–water partition coefficient (Wildman–Crippen LogP) is -3.14. The molecule has 1 saturated heterocycles. The van der Waals surface area contributed by atoms with E-state index in [1.54, 1.807) is 4.98 Å². The number of alkyl halides is 1. The van der Waals surface area contributed by atoms with Crippen molar-refractivity contribution in [2.75, 3.05) is 6.61 Å². The summed E-state index contributed by atoms with van der Waals surface area (Å²) < 4.78 is 19.0. The Balaban J connectivity index is 2.65. The van der Waals surface area contributed by atoms with Crippen molar-refractivity contribution in [2.45, 2.75) is 30.9 Å². The summed E-state index contributed by atoms with van der Waals surface area (Å²) in [6, 6.07) is 0. The Hall–Kier alpha value is -1.59. The van der Waals surface area contributed by atoms with E-state index >= 15 is 0 Å². The van der Waals surface area contributed by atoms with Gasteiger partial charge < -0.3 is 25.2 Å². The van der Waals surface area contributed by atoms with Crippen LogP contribution in [0.2, 0.25) is 0 Å². The third kappa shape index (κ3) is 1.81. The SMILES string of the molecule is Cc1cn([C@@]2(O)O[C@@H](CO)[C@H](O)[C@@]2(O)F)c(=O)[nH]c1=O.